The fourth-order valence-electron chi connectivity index (χ4n) is 1.80. The molecular formula is C13H17N3O. The summed E-state index contributed by atoms with van der Waals surface area (Å²) in [5.74, 6) is -0.216. The van der Waals surface area contributed by atoms with Crippen LogP contribution < -0.4 is 11.1 Å². The molecule has 0 aliphatic carbocycles. The number of nitrogen functional groups attached to an aromatic ring is 1. The standard InChI is InChI=1S/C13H17N3O/c1-8-10(13(2,3)7-14)6-5-9(11(8)15)12(17)16-4/h5-6H,15H2,1-4H3,(H,16,17). The first-order valence-electron chi connectivity index (χ1n) is 5.38. The van der Waals surface area contributed by atoms with E-state index in [4.69, 9.17) is 11.0 Å². The number of anilines is 1. The lowest BCUT2D eigenvalue weighted by molar-refractivity contribution is 0.0964. The van der Waals surface area contributed by atoms with Crippen LogP contribution in [0.4, 0.5) is 5.69 Å². The molecule has 0 radical (unpaired) electrons. The van der Waals surface area contributed by atoms with Crippen LogP contribution in [-0.2, 0) is 5.41 Å². The fourth-order valence-corrected chi connectivity index (χ4v) is 1.80. The first-order chi connectivity index (χ1) is 7.85. The third-order valence-corrected chi connectivity index (χ3v) is 2.94. The SMILES string of the molecule is CNC(=O)c1ccc(C(C)(C)C#N)c(C)c1N. The first kappa shape index (κ1) is 13.0. The molecule has 0 unspecified atom stereocenters. The maximum atomic E-state index is 11.6. The Bertz CT molecular complexity index is 498. The quantitative estimate of drug-likeness (QED) is 0.761. The van der Waals surface area contributed by atoms with E-state index in [0.29, 0.717) is 11.3 Å². The molecular weight excluding hydrogens is 214 g/mol. The molecule has 90 valence electrons. The van der Waals surface area contributed by atoms with Gasteiger partial charge in [0.2, 0.25) is 0 Å². The highest BCUT2D eigenvalue weighted by Gasteiger charge is 2.24. The second kappa shape index (κ2) is 4.46. The molecule has 4 heteroatoms. The zero-order chi connectivity index (χ0) is 13.2. The molecule has 4 nitrogen and oxygen atoms in total. The van der Waals surface area contributed by atoms with Gasteiger partial charge < -0.3 is 11.1 Å². The monoisotopic (exact) mass is 231 g/mol. The predicted molar refractivity (Wildman–Crippen MR) is 67.6 cm³/mol. The number of nitrogens with one attached hydrogen (secondary N) is 1. The van der Waals surface area contributed by atoms with Crippen molar-refractivity contribution in [2.24, 2.45) is 0 Å². The number of hydrogen-bond donors (Lipinski definition) is 2. The molecule has 0 spiro atoms. The molecule has 1 aromatic rings. The molecule has 1 aromatic carbocycles. The Balaban J connectivity index is 3.40. The minimum absolute atomic E-state index is 0.216. The molecule has 0 aliphatic rings. The van der Waals surface area contributed by atoms with Crippen LogP contribution in [0.2, 0.25) is 0 Å². The molecule has 0 fully saturated rings. The lowest BCUT2D eigenvalue weighted by Gasteiger charge is -2.21. The molecule has 0 heterocycles. The molecule has 1 amide bonds. The van der Waals surface area contributed by atoms with Crippen LogP contribution in [0, 0.1) is 18.3 Å². The summed E-state index contributed by atoms with van der Waals surface area (Å²) in [6.45, 7) is 5.48. The number of nitriles is 1. The van der Waals surface area contributed by atoms with Crippen LogP contribution in [0.15, 0.2) is 12.1 Å². The van der Waals surface area contributed by atoms with E-state index in [1.54, 1.807) is 19.2 Å². The number of amides is 1. The number of rotatable bonds is 2. The predicted octanol–water partition coefficient (Wildman–Crippen LogP) is 1.74. The minimum Gasteiger partial charge on any atom is -0.398 e. The lowest BCUT2D eigenvalue weighted by atomic mass is 9.82. The van der Waals surface area contributed by atoms with Gasteiger partial charge in [0, 0.05) is 12.7 Å². The maximum Gasteiger partial charge on any atom is 0.253 e. The maximum absolute atomic E-state index is 11.6. The van der Waals surface area contributed by atoms with E-state index in [0.717, 1.165) is 11.1 Å². The Hall–Kier alpha value is -2.02. The van der Waals surface area contributed by atoms with Gasteiger partial charge in [-0.05, 0) is 38.0 Å². The highest BCUT2D eigenvalue weighted by molar-refractivity contribution is 5.99. The van der Waals surface area contributed by atoms with Gasteiger partial charge in [-0.1, -0.05) is 6.07 Å². The summed E-state index contributed by atoms with van der Waals surface area (Å²) in [4.78, 5) is 11.6. The number of benzene rings is 1. The Morgan fingerprint density at radius 2 is 2.06 bits per heavy atom. The molecule has 1 rings (SSSR count). The molecule has 3 N–H and O–H groups in total. The zero-order valence-corrected chi connectivity index (χ0v) is 10.6. The molecule has 0 saturated heterocycles. The van der Waals surface area contributed by atoms with Gasteiger partial charge in [0.1, 0.15) is 0 Å². The van der Waals surface area contributed by atoms with Gasteiger partial charge in [-0.25, -0.2) is 0 Å². The number of nitrogens with zero attached hydrogens (tertiary/aromatic N) is 1. The Kier molecular flexibility index (Phi) is 3.42. The second-order valence-corrected chi connectivity index (χ2v) is 4.52. The summed E-state index contributed by atoms with van der Waals surface area (Å²) < 4.78 is 0. The van der Waals surface area contributed by atoms with Gasteiger partial charge in [0.05, 0.1) is 17.0 Å². The van der Waals surface area contributed by atoms with Crippen LogP contribution in [0.3, 0.4) is 0 Å². The average Bonchev–Trinajstić information content (AvgIpc) is 2.31. The summed E-state index contributed by atoms with van der Waals surface area (Å²) in [6, 6.07) is 5.69. The van der Waals surface area contributed by atoms with Crippen molar-refractivity contribution in [3.05, 3.63) is 28.8 Å². The minimum atomic E-state index is -0.612. The van der Waals surface area contributed by atoms with E-state index in [9.17, 15) is 4.79 Å². The van der Waals surface area contributed by atoms with E-state index in [-0.39, 0.29) is 5.91 Å². The number of hydrogen-bond acceptors (Lipinski definition) is 3. The van der Waals surface area contributed by atoms with Crippen molar-refractivity contribution >= 4 is 11.6 Å². The van der Waals surface area contributed by atoms with Crippen molar-refractivity contribution < 1.29 is 4.79 Å². The largest absolute Gasteiger partial charge is 0.398 e. The summed E-state index contributed by atoms with van der Waals surface area (Å²) in [5.41, 5.74) is 7.85. The Labute approximate surface area is 101 Å². The van der Waals surface area contributed by atoms with Crippen molar-refractivity contribution in [3.63, 3.8) is 0 Å². The lowest BCUT2D eigenvalue weighted by Crippen LogP contribution is -2.22. The van der Waals surface area contributed by atoms with E-state index in [2.05, 4.69) is 11.4 Å². The first-order valence-corrected chi connectivity index (χ1v) is 5.38. The van der Waals surface area contributed by atoms with Gasteiger partial charge in [0.15, 0.2) is 0 Å². The van der Waals surface area contributed by atoms with Crippen LogP contribution in [-0.4, -0.2) is 13.0 Å². The van der Waals surface area contributed by atoms with Gasteiger partial charge in [-0.2, -0.15) is 5.26 Å². The van der Waals surface area contributed by atoms with Crippen molar-refractivity contribution in [2.45, 2.75) is 26.2 Å². The molecule has 0 bridgehead atoms. The topological polar surface area (TPSA) is 78.9 Å². The summed E-state index contributed by atoms with van der Waals surface area (Å²) in [6.07, 6.45) is 0. The van der Waals surface area contributed by atoms with E-state index in [1.807, 2.05) is 20.8 Å². The third kappa shape index (κ3) is 2.23. The van der Waals surface area contributed by atoms with Crippen molar-refractivity contribution in [2.75, 3.05) is 12.8 Å². The van der Waals surface area contributed by atoms with E-state index >= 15 is 0 Å². The zero-order valence-electron chi connectivity index (χ0n) is 10.6. The summed E-state index contributed by atoms with van der Waals surface area (Å²) in [5, 5.41) is 11.7. The van der Waals surface area contributed by atoms with Gasteiger partial charge in [-0.3, -0.25) is 4.79 Å². The summed E-state index contributed by atoms with van der Waals surface area (Å²) >= 11 is 0. The van der Waals surface area contributed by atoms with Crippen LogP contribution in [0.1, 0.15) is 35.3 Å². The highest BCUT2D eigenvalue weighted by atomic mass is 16.1. The van der Waals surface area contributed by atoms with Gasteiger partial charge in [-0.15, -0.1) is 0 Å². The Morgan fingerprint density at radius 3 is 2.53 bits per heavy atom. The fraction of sp³-hybridized carbons (Fsp3) is 0.385. The van der Waals surface area contributed by atoms with Crippen molar-refractivity contribution in [3.8, 4) is 6.07 Å². The van der Waals surface area contributed by atoms with Crippen LogP contribution >= 0.6 is 0 Å². The highest BCUT2D eigenvalue weighted by Crippen LogP contribution is 2.30. The van der Waals surface area contributed by atoms with Gasteiger partial charge in [0.25, 0.3) is 5.91 Å². The number of carbonyl (C=O) groups is 1. The normalized spacial score (nSPS) is 10.8. The van der Waals surface area contributed by atoms with Crippen LogP contribution in [0.25, 0.3) is 0 Å². The second-order valence-electron chi connectivity index (χ2n) is 4.52. The summed E-state index contributed by atoms with van der Waals surface area (Å²) in [7, 11) is 1.56. The van der Waals surface area contributed by atoms with Gasteiger partial charge >= 0.3 is 0 Å². The molecule has 0 aliphatic heterocycles. The number of carbonyl (C=O) groups excluding carboxylic acids is 1. The van der Waals surface area contributed by atoms with Crippen LogP contribution in [0.5, 0.6) is 0 Å². The van der Waals surface area contributed by atoms with E-state index < -0.39 is 5.41 Å². The average molecular weight is 231 g/mol. The van der Waals surface area contributed by atoms with Crippen molar-refractivity contribution in [1.82, 2.24) is 5.32 Å². The Morgan fingerprint density at radius 1 is 1.47 bits per heavy atom. The molecule has 0 atom stereocenters. The van der Waals surface area contributed by atoms with E-state index in [1.165, 1.54) is 0 Å². The molecule has 17 heavy (non-hydrogen) atoms. The number of nitrogens with two attached hydrogens (primary N) is 1. The smallest absolute Gasteiger partial charge is 0.253 e. The molecule has 0 saturated carbocycles. The van der Waals surface area contributed by atoms with Crippen molar-refractivity contribution in [1.29, 1.82) is 5.26 Å². The third-order valence-electron chi connectivity index (χ3n) is 2.94. The molecule has 0 aromatic heterocycles.